The molecule has 0 saturated carbocycles. The van der Waals surface area contributed by atoms with E-state index in [1.807, 2.05) is 19.9 Å². The summed E-state index contributed by atoms with van der Waals surface area (Å²) in [7, 11) is 0. The molecule has 0 radical (unpaired) electrons. The Morgan fingerprint density at radius 1 is 1.56 bits per heavy atom. The van der Waals surface area contributed by atoms with E-state index in [-0.39, 0.29) is 12.5 Å². The van der Waals surface area contributed by atoms with Crippen LogP contribution >= 0.6 is 0 Å². The molecule has 0 aromatic heterocycles. The zero-order valence-corrected chi connectivity index (χ0v) is 9.41. The van der Waals surface area contributed by atoms with E-state index in [2.05, 4.69) is 5.32 Å². The van der Waals surface area contributed by atoms with Gasteiger partial charge < -0.3 is 10.1 Å². The quantitative estimate of drug-likeness (QED) is 0.838. The number of ether oxygens (including phenoxy) is 1. The predicted octanol–water partition coefficient (Wildman–Crippen LogP) is 1.84. The average molecular weight is 218 g/mol. The van der Waals surface area contributed by atoms with Crippen LogP contribution in [0.3, 0.4) is 0 Å². The molecule has 0 bridgehead atoms. The van der Waals surface area contributed by atoms with Gasteiger partial charge in [0.05, 0.1) is 11.6 Å². The van der Waals surface area contributed by atoms with Crippen LogP contribution in [0.25, 0.3) is 0 Å². The molecule has 0 heterocycles. The van der Waals surface area contributed by atoms with Gasteiger partial charge in [-0.25, -0.2) is 0 Å². The largest absolute Gasteiger partial charge is 0.372 e. The average Bonchev–Trinajstić information content (AvgIpc) is 2.29. The molecule has 0 aliphatic carbocycles. The first-order chi connectivity index (χ1) is 7.67. The fraction of sp³-hybridized carbons (Fsp3) is 0.333. The summed E-state index contributed by atoms with van der Waals surface area (Å²) in [5, 5.41) is 11.4. The number of rotatable bonds is 4. The van der Waals surface area contributed by atoms with Crippen molar-refractivity contribution < 1.29 is 9.53 Å². The Morgan fingerprint density at radius 2 is 2.31 bits per heavy atom. The van der Waals surface area contributed by atoms with Crippen LogP contribution in [0.2, 0.25) is 0 Å². The molecule has 4 nitrogen and oxygen atoms in total. The second kappa shape index (κ2) is 5.89. The Bertz CT molecular complexity index is 422. The third-order valence-electron chi connectivity index (χ3n) is 2.08. The summed E-state index contributed by atoms with van der Waals surface area (Å²) >= 11 is 0. The lowest BCUT2D eigenvalue weighted by Crippen LogP contribution is -2.18. The van der Waals surface area contributed by atoms with Gasteiger partial charge in [0.1, 0.15) is 6.61 Å². The third kappa shape index (κ3) is 3.37. The Balaban J connectivity index is 2.73. The Hall–Kier alpha value is -1.86. The van der Waals surface area contributed by atoms with Crippen LogP contribution in [0.4, 0.5) is 5.69 Å². The molecule has 1 amide bonds. The fourth-order valence-electron chi connectivity index (χ4n) is 1.21. The maximum atomic E-state index is 11.4. The van der Waals surface area contributed by atoms with Crippen LogP contribution in [0, 0.1) is 18.3 Å². The fourth-order valence-corrected chi connectivity index (χ4v) is 1.21. The number of benzene rings is 1. The van der Waals surface area contributed by atoms with Gasteiger partial charge in [-0.1, -0.05) is 6.07 Å². The van der Waals surface area contributed by atoms with Crippen LogP contribution in [-0.4, -0.2) is 19.1 Å². The second-order valence-corrected chi connectivity index (χ2v) is 3.33. The molecule has 84 valence electrons. The van der Waals surface area contributed by atoms with Gasteiger partial charge in [-0.3, -0.25) is 4.79 Å². The number of nitrogens with one attached hydrogen (secondary N) is 1. The summed E-state index contributed by atoms with van der Waals surface area (Å²) in [6, 6.07) is 7.20. The molecule has 1 aromatic carbocycles. The van der Waals surface area contributed by atoms with Crippen molar-refractivity contribution in [3.05, 3.63) is 29.3 Å². The SMILES string of the molecule is CCOCC(=O)Nc1cc(C#N)ccc1C. The Labute approximate surface area is 94.8 Å². The van der Waals surface area contributed by atoms with Gasteiger partial charge in [0.25, 0.3) is 0 Å². The summed E-state index contributed by atoms with van der Waals surface area (Å²) in [6.07, 6.45) is 0. The predicted molar refractivity (Wildman–Crippen MR) is 61.0 cm³/mol. The highest BCUT2D eigenvalue weighted by Gasteiger charge is 2.05. The minimum atomic E-state index is -0.208. The van der Waals surface area contributed by atoms with Crippen molar-refractivity contribution in [1.29, 1.82) is 5.26 Å². The third-order valence-corrected chi connectivity index (χ3v) is 2.08. The van der Waals surface area contributed by atoms with Crippen molar-refractivity contribution in [3.8, 4) is 6.07 Å². The molecular weight excluding hydrogens is 204 g/mol. The maximum absolute atomic E-state index is 11.4. The second-order valence-electron chi connectivity index (χ2n) is 3.33. The highest BCUT2D eigenvalue weighted by molar-refractivity contribution is 5.92. The van der Waals surface area contributed by atoms with Crippen LogP contribution in [-0.2, 0) is 9.53 Å². The van der Waals surface area contributed by atoms with E-state index in [0.717, 1.165) is 5.56 Å². The minimum Gasteiger partial charge on any atom is -0.372 e. The van der Waals surface area contributed by atoms with Gasteiger partial charge in [-0.2, -0.15) is 5.26 Å². The number of nitriles is 1. The Kier molecular flexibility index (Phi) is 4.49. The number of hydrogen-bond acceptors (Lipinski definition) is 3. The standard InChI is InChI=1S/C12H14N2O2/c1-3-16-8-12(15)14-11-6-10(7-13)5-4-9(11)2/h4-6H,3,8H2,1-2H3,(H,14,15). The van der Waals surface area contributed by atoms with Crippen molar-refractivity contribution in [1.82, 2.24) is 0 Å². The van der Waals surface area contributed by atoms with E-state index in [9.17, 15) is 4.79 Å². The van der Waals surface area contributed by atoms with Crippen LogP contribution < -0.4 is 5.32 Å². The zero-order chi connectivity index (χ0) is 12.0. The van der Waals surface area contributed by atoms with Crippen molar-refractivity contribution >= 4 is 11.6 Å². The summed E-state index contributed by atoms with van der Waals surface area (Å²) < 4.78 is 4.99. The summed E-state index contributed by atoms with van der Waals surface area (Å²) in [6.45, 7) is 4.24. The van der Waals surface area contributed by atoms with Crippen LogP contribution in [0.1, 0.15) is 18.1 Å². The first-order valence-corrected chi connectivity index (χ1v) is 5.05. The number of aryl methyl sites for hydroxylation is 1. The van der Waals surface area contributed by atoms with Crippen molar-refractivity contribution in [2.45, 2.75) is 13.8 Å². The molecule has 1 aromatic rings. The van der Waals surface area contributed by atoms with Crippen molar-refractivity contribution in [2.75, 3.05) is 18.5 Å². The van der Waals surface area contributed by atoms with Gasteiger partial charge in [0.15, 0.2) is 0 Å². The molecule has 1 N–H and O–H groups in total. The first kappa shape index (κ1) is 12.2. The van der Waals surface area contributed by atoms with Crippen LogP contribution in [0.5, 0.6) is 0 Å². The number of hydrogen-bond donors (Lipinski definition) is 1. The van der Waals surface area contributed by atoms with Gasteiger partial charge in [0, 0.05) is 12.3 Å². The molecule has 0 spiro atoms. The summed E-state index contributed by atoms with van der Waals surface area (Å²) in [4.78, 5) is 11.4. The van der Waals surface area contributed by atoms with Crippen molar-refractivity contribution in [3.63, 3.8) is 0 Å². The molecule has 0 saturated heterocycles. The monoisotopic (exact) mass is 218 g/mol. The van der Waals surface area contributed by atoms with E-state index in [0.29, 0.717) is 17.9 Å². The molecule has 0 aliphatic rings. The smallest absolute Gasteiger partial charge is 0.250 e. The number of amides is 1. The molecule has 0 aliphatic heterocycles. The van der Waals surface area contributed by atoms with Gasteiger partial charge in [0.2, 0.25) is 5.91 Å². The van der Waals surface area contributed by atoms with E-state index < -0.39 is 0 Å². The normalized spacial score (nSPS) is 9.56. The zero-order valence-electron chi connectivity index (χ0n) is 9.41. The lowest BCUT2D eigenvalue weighted by Gasteiger charge is -2.08. The lowest BCUT2D eigenvalue weighted by atomic mass is 10.1. The van der Waals surface area contributed by atoms with E-state index in [4.69, 9.17) is 10.00 Å². The van der Waals surface area contributed by atoms with E-state index in [1.165, 1.54) is 0 Å². The lowest BCUT2D eigenvalue weighted by molar-refractivity contribution is -0.120. The summed E-state index contributed by atoms with van der Waals surface area (Å²) in [5.74, 6) is -0.208. The minimum absolute atomic E-state index is 0.0344. The molecule has 0 atom stereocenters. The molecule has 1 rings (SSSR count). The Morgan fingerprint density at radius 3 is 2.94 bits per heavy atom. The number of carbonyl (C=O) groups excluding carboxylic acids is 1. The van der Waals surface area contributed by atoms with E-state index >= 15 is 0 Å². The highest BCUT2D eigenvalue weighted by Crippen LogP contribution is 2.16. The highest BCUT2D eigenvalue weighted by atomic mass is 16.5. The van der Waals surface area contributed by atoms with Gasteiger partial charge >= 0.3 is 0 Å². The van der Waals surface area contributed by atoms with Crippen LogP contribution in [0.15, 0.2) is 18.2 Å². The molecule has 0 fully saturated rings. The maximum Gasteiger partial charge on any atom is 0.250 e. The molecule has 16 heavy (non-hydrogen) atoms. The topological polar surface area (TPSA) is 62.1 Å². The molecular formula is C12H14N2O2. The molecule has 0 unspecified atom stereocenters. The van der Waals surface area contributed by atoms with Crippen molar-refractivity contribution in [2.24, 2.45) is 0 Å². The summed E-state index contributed by atoms with van der Waals surface area (Å²) in [5.41, 5.74) is 2.10. The van der Waals surface area contributed by atoms with Gasteiger partial charge in [-0.05, 0) is 31.5 Å². The van der Waals surface area contributed by atoms with Gasteiger partial charge in [-0.15, -0.1) is 0 Å². The van der Waals surface area contributed by atoms with E-state index in [1.54, 1.807) is 18.2 Å². The number of anilines is 1. The molecule has 4 heteroatoms. The number of carbonyl (C=O) groups is 1. The number of nitrogens with zero attached hydrogens (tertiary/aromatic N) is 1. The first-order valence-electron chi connectivity index (χ1n) is 5.05.